The molecule has 0 aromatic heterocycles. The van der Waals surface area contributed by atoms with E-state index in [0.717, 1.165) is 0 Å². The Morgan fingerprint density at radius 1 is 1.40 bits per heavy atom. The summed E-state index contributed by atoms with van der Waals surface area (Å²) >= 11 is 0. The van der Waals surface area contributed by atoms with Crippen LogP contribution in [-0.2, 0) is 19.9 Å². The van der Waals surface area contributed by atoms with E-state index in [1.54, 1.807) is 13.0 Å². The van der Waals surface area contributed by atoms with Crippen molar-refractivity contribution >= 4 is 19.9 Å². The quantitative estimate of drug-likeness (QED) is 0.866. The number of sulfone groups is 1. The van der Waals surface area contributed by atoms with Crippen molar-refractivity contribution in [3.8, 4) is 6.07 Å². The maximum atomic E-state index is 12.3. The van der Waals surface area contributed by atoms with Crippen LogP contribution in [0.1, 0.15) is 17.5 Å². The molecule has 1 aliphatic heterocycles. The Bertz CT molecular complexity index is 776. The predicted molar refractivity (Wildman–Crippen MR) is 73.3 cm³/mol. The standard InChI is InChI=1S/C12H14N2O4S2/c1-9-2-3-10(7-13)6-12(9)20(17,18)14-11-4-5-19(15,16)8-11/h2-3,6,11,14H,4-5,8H2,1H3. The van der Waals surface area contributed by atoms with Gasteiger partial charge in [0.15, 0.2) is 9.84 Å². The fourth-order valence-corrected chi connectivity index (χ4v) is 5.45. The normalized spacial score (nSPS) is 21.5. The minimum absolute atomic E-state index is 0.00258. The highest BCUT2D eigenvalue weighted by Crippen LogP contribution is 2.19. The molecule has 0 saturated carbocycles. The van der Waals surface area contributed by atoms with Gasteiger partial charge in [-0.3, -0.25) is 0 Å². The SMILES string of the molecule is Cc1ccc(C#N)cc1S(=O)(=O)NC1CCS(=O)(=O)C1. The van der Waals surface area contributed by atoms with Gasteiger partial charge in [-0.1, -0.05) is 6.07 Å². The van der Waals surface area contributed by atoms with Crippen molar-refractivity contribution in [1.29, 1.82) is 5.26 Å². The summed E-state index contributed by atoms with van der Waals surface area (Å²) in [6, 6.07) is 5.67. The molecular formula is C12H14N2O4S2. The lowest BCUT2D eigenvalue weighted by atomic mass is 10.2. The zero-order valence-corrected chi connectivity index (χ0v) is 12.5. The largest absolute Gasteiger partial charge is 0.241 e. The first-order chi connectivity index (χ1) is 9.23. The lowest BCUT2D eigenvalue weighted by Gasteiger charge is -2.13. The molecule has 0 bridgehead atoms. The monoisotopic (exact) mass is 314 g/mol. The van der Waals surface area contributed by atoms with Gasteiger partial charge in [0.1, 0.15) is 0 Å². The molecule has 1 fully saturated rings. The summed E-state index contributed by atoms with van der Waals surface area (Å²) < 4.78 is 49.7. The first kappa shape index (κ1) is 15.0. The van der Waals surface area contributed by atoms with Crippen molar-refractivity contribution in [2.24, 2.45) is 0 Å². The van der Waals surface area contributed by atoms with Gasteiger partial charge in [-0.2, -0.15) is 5.26 Å². The lowest BCUT2D eigenvalue weighted by molar-refractivity contribution is 0.562. The van der Waals surface area contributed by atoms with Crippen molar-refractivity contribution in [3.05, 3.63) is 29.3 Å². The van der Waals surface area contributed by atoms with Crippen LogP contribution in [0.3, 0.4) is 0 Å². The third-order valence-corrected chi connectivity index (χ3v) is 6.59. The summed E-state index contributed by atoms with van der Waals surface area (Å²) in [7, 11) is -6.97. The van der Waals surface area contributed by atoms with Crippen LogP contribution < -0.4 is 4.72 Å². The van der Waals surface area contributed by atoms with E-state index in [0.29, 0.717) is 5.56 Å². The van der Waals surface area contributed by atoms with Crippen LogP contribution >= 0.6 is 0 Å². The molecule has 1 heterocycles. The molecule has 6 nitrogen and oxygen atoms in total. The minimum atomic E-state index is -3.82. The summed E-state index contributed by atoms with van der Waals surface area (Å²) in [5.74, 6) is -0.180. The first-order valence-corrected chi connectivity index (χ1v) is 9.27. The lowest BCUT2D eigenvalue weighted by Crippen LogP contribution is -2.35. The van der Waals surface area contributed by atoms with Crippen molar-refractivity contribution in [2.75, 3.05) is 11.5 Å². The topological polar surface area (TPSA) is 104 Å². The average molecular weight is 314 g/mol. The molecule has 8 heteroatoms. The average Bonchev–Trinajstić information content (AvgIpc) is 2.68. The summed E-state index contributed by atoms with van der Waals surface area (Å²) in [5, 5.41) is 8.83. The molecule has 1 aromatic carbocycles. The van der Waals surface area contributed by atoms with Gasteiger partial charge in [0.25, 0.3) is 0 Å². The highest BCUT2D eigenvalue weighted by molar-refractivity contribution is 7.92. The molecule has 2 rings (SSSR count). The highest BCUT2D eigenvalue weighted by Gasteiger charge is 2.31. The molecule has 1 atom stereocenters. The maximum absolute atomic E-state index is 12.3. The van der Waals surface area contributed by atoms with E-state index in [-0.39, 0.29) is 28.4 Å². The number of hydrogen-bond acceptors (Lipinski definition) is 5. The Morgan fingerprint density at radius 3 is 2.65 bits per heavy atom. The first-order valence-electron chi connectivity index (χ1n) is 5.97. The number of hydrogen-bond donors (Lipinski definition) is 1. The number of nitriles is 1. The molecule has 1 N–H and O–H groups in total. The Kier molecular flexibility index (Phi) is 3.86. The van der Waals surface area contributed by atoms with Gasteiger partial charge in [-0.15, -0.1) is 0 Å². The van der Waals surface area contributed by atoms with Crippen molar-refractivity contribution in [2.45, 2.75) is 24.3 Å². The Hall–Kier alpha value is -1.43. The molecule has 1 unspecified atom stereocenters. The molecule has 1 saturated heterocycles. The van der Waals surface area contributed by atoms with Crippen LogP contribution in [0.4, 0.5) is 0 Å². The van der Waals surface area contributed by atoms with E-state index < -0.39 is 25.9 Å². The summed E-state index contributed by atoms with van der Waals surface area (Å²) in [6.45, 7) is 1.63. The third kappa shape index (κ3) is 3.17. The second-order valence-corrected chi connectivity index (χ2v) is 8.72. The van der Waals surface area contributed by atoms with Crippen LogP contribution in [0.25, 0.3) is 0 Å². The van der Waals surface area contributed by atoms with E-state index >= 15 is 0 Å². The Morgan fingerprint density at radius 2 is 2.10 bits per heavy atom. The smallest absolute Gasteiger partial charge is 0.229 e. The molecule has 0 aliphatic carbocycles. The van der Waals surface area contributed by atoms with Crippen molar-refractivity contribution in [3.63, 3.8) is 0 Å². The number of nitrogens with one attached hydrogen (secondary N) is 1. The van der Waals surface area contributed by atoms with E-state index in [9.17, 15) is 16.8 Å². The molecule has 0 spiro atoms. The van der Waals surface area contributed by atoms with E-state index in [1.165, 1.54) is 12.1 Å². The molecule has 0 radical (unpaired) electrons. The van der Waals surface area contributed by atoms with Gasteiger partial charge in [0.2, 0.25) is 10.0 Å². The molecular weight excluding hydrogens is 300 g/mol. The van der Waals surface area contributed by atoms with Crippen molar-refractivity contribution in [1.82, 2.24) is 4.72 Å². The zero-order chi connectivity index (χ0) is 15.0. The van der Waals surface area contributed by atoms with Crippen LogP contribution in [0, 0.1) is 18.3 Å². The molecule has 108 valence electrons. The van der Waals surface area contributed by atoms with Crippen LogP contribution in [0.5, 0.6) is 0 Å². The molecule has 0 amide bonds. The molecule has 20 heavy (non-hydrogen) atoms. The minimum Gasteiger partial charge on any atom is -0.229 e. The Labute approximate surface area is 118 Å². The van der Waals surface area contributed by atoms with E-state index in [4.69, 9.17) is 5.26 Å². The Balaban J connectivity index is 2.30. The van der Waals surface area contributed by atoms with Gasteiger partial charge >= 0.3 is 0 Å². The summed E-state index contributed by atoms with van der Waals surface area (Å²) in [6.07, 6.45) is 0.276. The summed E-state index contributed by atoms with van der Waals surface area (Å²) in [5.41, 5.74) is 0.757. The summed E-state index contributed by atoms with van der Waals surface area (Å²) in [4.78, 5) is 0.0147. The highest BCUT2D eigenvalue weighted by atomic mass is 32.2. The number of benzene rings is 1. The third-order valence-electron chi connectivity index (χ3n) is 3.16. The van der Waals surface area contributed by atoms with Gasteiger partial charge in [0.05, 0.1) is 28.0 Å². The molecule has 1 aliphatic rings. The fraction of sp³-hybridized carbons (Fsp3) is 0.417. The number of nitrogens with zero attached hydrogens (tertiary/aromatic N) is 1. The predicted octanol–water partition coefficient (Wildman–Crippen LogP) is 0.332. The van der Waals surface area contributed by atoms with Gasteiger partial charge in [-0.25, -0.2) is 21.6 Å². The fourth-order valence-electron chi connectivity index (χ4n) is 2.13. The zero-order valence-electron chi connectivity index (χ0n) is 10.8. The van der Waals surface area contributed by atoms with Crippen LogP contribution in [0.2, 0.25) is 0 Å². The van der Waals surface area contributed by atoms with Crippen molar-refractivity contribution < 1.29 is 16.8 Å². The van der Waals surface area contributed by atoms with Gasteiger partial charge in [0, 0.05) is 6.04 Å². The maximum Gasteiger partial charge on any atom is 0.241 e. The number of aryl methyl sites for hydroxylation is 1. The molecule has 1 aromatic rings. The van der Waals surface area contributed by atoms with E-state index in [1.807, 2.05) is 6.07 Å². The van der Waals surface area contributed by atoms with Crippen LogP contribution in [-0.4, -0.2) is 34.4 Å². The second kappa shape index (κ2) is 5.16. The number of sulfonamides is 1. The second-order valence-electron chi connectivity index (χ2n) is 4.81. The van der Waals surface area contributed by atoms with E-state index in [2.05, 4.69) is 4.72 Å². The van der Waals surface area contributed by atoms with Gasteiger partial charge < -0.3 is 0 Å². The van der Waals surface area contributed by atoms with Crippen LogP contribution in [0.15, 0.2) is 23.1 Å². The number of rotatable bonds is 3. The van der Waals surface area contributed by atoms with Gasteiger partial charge in [-0.05, 0) is 31.0 Å².